The zero-order chi connectivity index (χ0) is 10.2. The molecule has 1 aromatic rings. The van der Waals surface area contributed by atoms with Crippen LogP contribution >= 0.6 is 0 Å². The predicted molar refractivity (Wildman–Crippen MR) is 47.8 cm³/mol. The van der Waals surface area contributed by atoms with Gasteiger partial charge in [0.2, 0.25) is 0 Å². The molecule has 0 aromatic heterocycles. The lowest BCUT2D eigenvalue weighted by molar-refractivity contribution is -0.0285. The summed E-state index contributed by atoms with van der Waals surface area (Å²) in [7, 11) is 0. The van der Waals surface area contributed by atoms with Gasteiger partial charge in [0, 0.05) is 11.5 Å². The molecule has 0 radical (unpaired) electrons. The Morgan fingerprint density at radius 3 is 2.64 bits per heavy atom. The third-order valence-corrected chi connectivity index (χ3v) is 2.47. The fourth-order valence-corrected chi connectivity index (χ4v) is 1.48. The highest BCUT2D eigenvalue weighted by Crippen LogP contribution is 2.49. The van der Waals surface area contributed by atoms with Gasteiger partial charge in [-0.15, -0.1) is 0 Å². The first kappa shape index (κ1) is 9.14. The van der Waals surface area contributed by atoms with E-state index in [1.165, 1.54) is 24.3 Å². The van der Waals surface area contributed by atoms with Crippen LogP contribution in [0.15, 0.2) is 24.3 Å². The first-order valence-corrected chi connectivity index (χ1v) is 4.53. The molecule has 1 aliphatic carbocycles. The number of rotatable bonds is 2. The number of halogens is 2. The third-order valence-electron chi connectivity index (χ3n) is 2.47. The van der Waals surface area contributed by atoms with E-state index in [1.807, 2.05) is 6.07 Å². The van der Waals surface area contributed by atoms with Crippen molar-refractivity contribution in [1.29, 1.82) is 5.26 Å². The quantitative estimate of drug-likeness (QED) is 0.708. The maximum Gasteiger partial charge on any atom is 0.276 e. The molecule has 0 saturated heterocycles. The Balaban J connectivity index is 2.36. The van der Waals surface area contributed by atoms with Gasteiger partial charge < -0.3 is 0 Å². The number of benzene rings is 1. The van der Waals surface area contributed by atoms with E-state index in [0.29, 0.717) is 18.4 Å². The van der Waals surface area contributed by atoms with Gasteiger partial charge in [-0.1, -0.05) is 12.1 Å². The van der Waals surface area contributed by atoms with Gasteiger partial charge in [-0.2, -0.15) is 5.26 Å². The third kappa shape index (κ3) is 1.48. The van der Waals surface area contributed by atoms with Crippen molar-refractivity contribution in [2.45, 2.75) is 18.8 Å². The van der Waals surface area contributed by atoms with Crippen LogP contribution in [-0.2, 0) is 5.92 Å². The van der Waals surface area contributed by atoms with E-state index in [2.05, 4.69) is 0 Å². The predicted octanol–water partition coefficient (Wildman–Crippen LogP) is 3.06. The molecule has 1 aromatic carbocycles. The van der Waals surface area contributed by atoms with Crippen LogP contribution in [0.4, 0.5) is 8.78 Å². The molecule has 0 amide bonds. The second kappa shape index (κ2) is 3.06. The number of alkyl halides is 2. The van der Waals surface area contributed by atoms with Crippen LogP contribution in [0.1, 0.15) is 24.0 Å². The molecule has 2 rings (SSSR count). The summed E-state index contributed by atoms with van der Waals surface area (Å²) in [5.41, 5.74) is 0.266. The van der Waals surface area contributed by atoms with Gasteiger partial charge in [-0.05, 0) is 25.0 Å². The van der Waals surface area contributed by atoms with Crippen molar-refractivity contribution < 1.29 is 8.78 Å². The maximum absolute atomic E-state index is 13.5. The molecule has 0 N–H and O–H groups in total. The van der Waals surface area contributed by atoms with Gasteiger partial charge in [-0.3, -0.25) is 0 Å². The average molecular weight is 193 g/mol. The number of hydrogen-bond donors (Lipinski definition) is 0. The molecule has 1 saturated carbocycles. The van der Waals surface area contributed by atoms with E-state index in [9.17, 15) is 8.78 Å². The molecule has 72 valence electrons. The van der Waals surface area contributed by atoms with Crippen molar-refractivity contribution in [3.05, 3.63) is 35.4 Å². The minimum absolute atomic E-state index is 0.0287. The molecule has 14 heavy (non-hydrogen) atoms. The summed E-state index contributed by atoms with van der Waals surface area (Å²) in [6.45, 7) is 0. The van der Waals surface area contributed by atoms with Crippen LogP contribution in [0.25, 0.3) is 0 Å². The van der Waals surface area contributed by atoms with Crippen molar-refractivity contribution >= 4 is 0 Å². The van der Waals surface area contributed by atoms with Crippen molar-refractivity contribution in [3.8, 4) is 6.07 Å². The highest BCUT2D eigenvalue weighted by Gasteiger charge is 2.47. The van der Waals surface area contributed by atoms with Gasteiger partial charge in [0.05, 0.1) is 11.6 Å². The minimum atomic E-state index is -2.76. The average Bonchev–Trinajstić information content (AvgIpc) is 3.01. The van der Waals surface area contributed by atoms with E-state index in [4.69, 9.17) is 5.26 Å². The largest absolute Gasteiger partial charge is 0.276 e. The zero-order valence-corrected chi connectivity index (χ0v) is 7.50. The molecule has 0 spiro atoms. The summed E-state index contributed by atoms with van der Waals surface area (Å²) < 4.78 is 27.1. The maximum atomic E-state index is 13.5. The van der Waals surface area contributed by atoms with Crippen LogP contribution in [0.2, 0.25) is 0 Å². The van der Waals surface area contributed by atoms with Crippen molar-refractivity contribution in [1.82, 2.24) is 0 Å². The lowest BCUT2D eigenvalue weighted by Crippen LogP contribution is -2.15. The number of hydrogen-bond acceptors (Lipinski definition) is 1. The Labute approximate surface area is 81.0 Å². The summed E-state index contributed by atoms with van der Waals surface area (Å²) in [4.78, 5) is 0. The minimum Gasteiger partial charge on any atom is -0.201 e. The Bertz CT molecular complexity index is 389. The molecule has 0 aliphatic heterocycles. The monoisotopic (exact) mass is 193 g/mol. The first-order valence-electron chi connectivity index (χ1n) is 4.53. The summed E-state index contributed by atoms with van der Waals surface area (Å²) in [5, 5.41) is 8.59. The van der Waals surface area contributed by atoms with Crippen LogP contribution in [-0.4, -0.2) is 0 Å². The summed E-state index contributed by atoms with van der Waals surface area (Å²) in [5.74, 6) is -3.27. The van der Waals surface area contributed by atoms with Crippen LogP contribution in [0.3, 0.4) is 0 Å². The Morgan fingerprint density at radius 1 is 1.36 bits per heavy atom. The lowest BCUT2D eigenvalue weighted by Gasteiger charge is -2.15. The van der Waals surface area contributed by atoms with Crippen molar-refractivity contribution in [2.24, 2.45) is 5.92 Å². The lowest BCUT2D eigenvalue weighted by atomic mass is 10.0. The molecule has 1 fully saturated rings. The second-order valence-corrected chi connectivity index (χ2v) is 3.59. The topological polar surface area (TPSA) is 23.8 Å². The highest BCUT2D eigenvalue weighted by atomic mass is 19.3. The van der Waals surface area contributed by atoms with E-state index in [-0.39, 0.29) is 5.56 Å². The van der Waals surface area contributed by atoms with Crippen molar-refractivity contribution in [2.75, 3.05) is 0 Å². The number of nitriles is 1. The molecule has 1 aliphatic rings. The van der Waals surface area contributed by atoms with E-state index >= 15 is 0 Å². The van der Waals surface area contributed by atoms with Gasteiger partial charge in [0.25, 0.3) is 5.92 Å². The Hall–Kier alpha value is -1.43. The number of nitrogens with zero attached hydrogens (tertiary/aromatic N) is 1. The summed E-state index contributed by atoms with van der Waals surface area (Å²) >= 11 is 0. The molecule has 3 heteroatoms. The van der Waals surface area contributed by atoms with Gasteiger partial charge in [-0.25, -0.2) is 8.78 Å². The molecule has 0 atom stereocenters. The summed E-state index contributed by atoms with van der Waals surface area (Å²) in [6.07, 6.45) is 1.17. The fraction of sp³-hybridized carbons (Fsp3) is 0.364. The molecule has 0 unspecified atom stereocenters. The Morgan fingerprint density at radius 2 is 2.07 bits per heavy atom. The van der Waals surface area contributed by atoms with Crippen LogP contribution < -0.4 is 0 Å². The van der Waals surface area contributed by atoms with Gasteiger partial charge in [0.15, 0.2) is 0 Å². The second-order valence-electron chi connectivity index (χ2n) is 3.59. The first-order chi connectivity index (χ1) is 6.64. The Kier molecular flexibility index (Phi) is 1.99. The van der Waals surface area contributed by atoms with Crippen molar-refractivity contribution in [3.63, 3.8) is 0 Å². The van der Waals surface area contributed by atoms with Gasteiger partial charge >= 0.3 is 0 Å². The molecule has 0 heterocycles. The van der Waals surface area contributed by atoms with E-state index in [0.717, 1.165) is 0 Å². The van der Waals surface area contributed by atoms with E-state index < -0.39 is 11.8 Å². The standard InChI is InChI=1S/C11H9F2N/c12-11(13,9-4-5-9)10-3-1-2-8(6-10)7-14/h1-3,6,9H,4-5H2. The molecule has 0 bridgehead atoms. The summed E-state index contributed by atoms with van der Waals surface area (Å²) in [6, 6.07) is 7.57. The SMILES string of the molecule is N#Cc1cccc(C(F)(F)C2CC2)c1. The smallest absolute Gasteiger partial charge is 0.201 e. The molecule has 1 nitrogen and oxygen atoms in total. The fourth-order valence-electron chi connectivity index (χ4n) is 1.48. The van der Waals surface area contributed by atoms with E-state index in [1.54, 1.807) is 0 Å². The highest BCUT2D eigenvalue weighted by molar-refractivity contribution is 5.35. The molecular formula is C11H9F2N. The molecular weight excluding hydrogens is 184 g/mol. The van der Waals surface area contributed by atoms with Crippen LogP contribution in [0.5, 0.6) is 0 Å². The van der Waals surface area contributed by atoms with Crippen LogP contribution in [0, 0.1) is 17.2 Å². The zero-order valence-electron chi connectivity index (χ0n) is 7.50. The normalized spacial score (nSPS) is 16.4. The van der Waals surface area contributed by atoms with Gasteiger partial charge in [0.1, 0.15) is 0 Å².